The quantitative estimate of drug-likeness (QED) is 0.447. The first-order valence-corrected chi connectivity index (χ1v) is 7.96. The Morgan fingerprint density at radius 1 is 1.30 bits per heavy atom. The van der Waals surface area contributed by atoms with E-state index in [1.54, 1.807) is 0 Å². The molecule has 0 amide bonds. The third-order valence-electron chi connectivity index (χ3n) is 2.46. The molecule has 0 heterocycles. The highest BCUT2D eigenvalue weighted by atomic mass is 35.5. The lowest BCUT2D eigenvalue weighted by atomic mass is 10.2. The largest absolute Gasteiger partial charge is 0.492 e. The van der Waals surface area contributed by atoms with E-state index in [-0.39, 0.29) is 17.2 Å². The number of ether oxygens (including phenoxy) is 1. The van der Waals surface area contributed by atoms with Crippen molar-refractivity contribution >= 4 is 27.3 Å². The van der Waals surface area contributed by atoms with E-state index in [0.717, 1.165) is 0 Å². The van der Waals surface area contributed by atoms with Crippen molar-refractivity contribution in [3.05, 3.63) is 33.3 Å². The second-order valence-electron chi connectivity index (χ2n) is 4.15. The van der Waals surface area contributed by atoms with Crippen LogP contribution in [0.25, 0.3) is 0 Å². The average Bonchev–Trinajstić information content (AvgIpc) is 2.34. The fourth-order valence-electron chi connectivity index (χ4n) is 1.48. The van der Waals surface area contributed by atoms with Crippen LogP contribution in [0.2, 0.25) is 5.02 Å². The van der Waals surface area contributed by atoms with Crippen molar-refractivity contribution in [2.45, 2.75) is 19.3 Å². The van der Waals surface area contributed by atoms with Gasteiger partial charge < -0.3 is 4.74 Å². The van der Waals surface area contributed by atoms with Crippen molar-refractivity contribution in [2.24, 2.45) is 5.14 Å². The molecule has 0 aromatic heterocycles. The highest BCUT2D eigenvalue weighted by molar-refractivity contribution is 7.89. The van der Waals surface area contributed by atoms with Crippen LogP contribution in [0.5, 0.6) is 5.75 Å². The minimum absolute atomic E-state index is 0.0649. The second kappa shape index (κ2) is 7.41. The first-order valence-electron chi connectivity index (χ1n) is 5.87. The Bertz CT molecular complexity index is 576. The number of nitro benzene ring substituents is 1. The van der Waals surface area contributed by atoms with Crippen molar-refractivity contribution in [2.75, 3.05) is 12.4 Å². The van der Waals surface area contributed by atoms with Gasteiger partial charge in [0.05, 0.1) is 28.4 Å². The molecule has 0 saturated heterocycles. The summed E-state index contributed by atoms with van der Waals surface area (Å²) in [4.78, 5) is 10.1. The fraction of sp³-hybridized carbons (Fsp3) is 0.455. The summed E-state index contributed by atoms with van der Waals surface area (Å²) in [5.74, 6) is 0.178. The third kappa shape index (κ3) is 6.18. The number of rotatable bonds is 8. The van der Waals surface area contributed by atoms with Gasteiger partial charge in [0.25, 0.3) is 5.69 Å². The lowest BCUT2D eigenvalue weighted by Gasteiger charge is -2.07. The van der Waals surface area contributed by atoms with Crippen LogP contribution in [-0.4, -0.2) is 25.7 Å². The number of unbranched alkanes of at least 4 members (excludes halogenated alkanes) is 2. The lowest BCUT2D eigenvalue weighted by Crippen LogP contribution is -2.16. The molecule has 1 aromatic rings. The van der Waals surface area contributed by atoms with Gasteiger partial charge in [0.2, 0.25) is 10.0 Å². The minimum Gasteiger partial charge on any atom is -0.492 e. The molecule has 20 heavy (non-hydrogen) atoms. The maximum absolute atomic E-state index is 10.7. The van der Waals surface area contributed by atoms with Gasteiger partial charge in [-0.3, -0.25) is 10.1 Å². The number of non-ortho nitro benzene ring substituents is 1. The number of sulfonamides is 1. The zero-order valence-corrected chi connectivity index (χ0v) is 12.2. The highest BCUT2D eigenvalue weighted by Crippen LogP contribution is 2.28. The Morgan fingerprint density at radius 2 is 2.00 bits per heavy atom. The number of halogens is 1. The molecule has 2 N–H and O–H groups in total. The highest BCUT2D eigenvalue weighted by Gasteiger charge is 2.10. The first kappa shape index (κ1) is 16.7. The van der Waals surface area contributed by atoms with Crippen LogP contribution in [-0.2, 0) is 10.0 Å². The minimum atomic E-state index is -3.42. The van der Waals surface area contributed by atoms with Crippen molar-refractivity contribution in [1.29, 1.82) is 0 Å². The first-order chi connectivity index (χ1) is 9.29. The van der Waals surface area contributed by atoms with Crippen molar-refractivity contribution < 1.29 is 18.1 Å². The smallest absolute Gasteiger partial charge is 0.273 e. The van der Waals surface area contributed by atoms with Crippen LogP contribution in [0.4, 0.5) is 5.69 Å². The summed E-state index contributed by atoms with van der Waals surface area (Å²) < 4.78 is 26.7. The van der Waals surface area contributed by atoms with Gasteiger partial charge in [-0.1, -0.05) is 11.6 Å². The van der Waals surface area contributed by atoms with Gasteiger partial charge >= 0.3 is 0 Å². The van der Waals surface area contributed by atoms with Gasteiger partial charge in [-0.05, 0) is 25.3 Å². The summed E-state index contributed by atoms with van der Waals surface area (Å²) in [5, 5.41) is 15.8. The van der Waals surface area contributed by atoms with E-state index in [1.807, 2.05) is 0 Å². The Labute approximate surface area is 121 Å². The molecule has 0 aliphatic carbocycles. The summed E-state index contributed by atoms with van der Waals surface area (Å²) in [6.07, 6.45) is 1.68. The maximum atomic E-state index is 10.7. The number of nitrogens with zero attached hydrogens (tertiary/aromatic N) is 1. The van der Waals surface area contributed by atoms with E-state index in [2.05, 4.69) is 0 Å². The second-order valence-corrected chi connectivity index (χ2v) is 6.29. The van der Waals surface area contributed by atoms with Gasteiger partial charge in [0, 0.05) is 6.07 Å². The van der Waals surface area contributed by atoms with Crippen LogP contribution in [0, 0.1) is 10.1 Å². The molecule has 112 valence electrons. The monoisotopic (exact) mass is 322 g/mol. The van der Waals surface area contributed by atoms with Crippen molar-refractivity contribution in [3.8, 4) is 5.75 Å². The maximum Gasteiger partial charge on any atom is 0.273 e. The van der Waals surface area contributed by atoms with Crippen LogP contribution < -0.4 is 9.88 Å². The van der Waals surface area contributed by atoms with Crippen LogP contribution in [0.3, 0.4) is 0 Å². The van der Waals surface area contributed by atoms with E-state index >= 15 is 0 Å². The van der Waals surface area contributed by atoms with Crippen LogP contribution >= 0.6 is 11.6 Å². The molecule has 1 rings (SSSR count). The Kier molecular flexibility index (Phi) is 6.18. The van der Waals surface area contributed by atoms with Crippen molar-refractivity contribution in [3.63, 3.8) is 0 Å². The van der Waals surface area contributed by atoms with Gasteiger partial charge in [-0.15, -0.1) is 0 Å². The normalized spacial score (nSPS) is 11.3. The SMILES string of the molecule is NS(=O)(=O)CCCCCOc1cc([N+](=O)[O-])ccc1Cl. The van der Waals surface area contributed by atoms with E-state index in [9.17, 15) is 18.5 Å². The molecule has 0 spiro atoms. The number of hydrogen-bond acceptors (Lipinski definition) is 5. The summed E-state index contributed by atoms with van der Waals surface area (Å²) in [6.45, 7) is 0.297. The van der Waals surface area contributed by atoms with Crippen LogP contribution in [0.1, 0.15) is 19.3 Å². The molecule has 0 saturated carbocycles. The molecule has 0 aliphatic rings. The molecule has 1 aromatic carbocycles. The Morgan fingerprint density at radius 3 is 2.60 bits per heavy atom. The van der Waals surface area contributed by atoms with Gasteiger partial charge in [0.15, 0.2) is 0 Å². The van der Waals surface area contributed by atoms with E-state index in [4.69, 9.17) is 21.5 Å². The molecular formula is C11H15ClN2O5S. The predicted molar refractivity (Wildman–Crippen MR) is 75.4 cm³/mol. The van der Waals surface area contributed by atoms with Gasteiger partial charge in [-0.2, -0.15) is 0 Å². The molecule has 0 radical (unpaired) electrons. The van der Waals surface area contributed by atoms with E-state index in [0.29, 0.717) is 30.9 Å². The Balaban J connectivity index is 2.38. The van der Waals surface area contributed by atoms with E-state index < -0.39 is 14.9 Å². The molecular weight excluding hydrogens is 308 g/mol. The summed E-state index contributed by atoms with van der Waals surface area (Å²) in [6, 6.07) is 3.95. The third-order valence-corrected chi connectivity index (χ3v) is 3.63. The van der Waals surface area contributed by atoms with Crippen molar-refractivity contribution in [1.82, 2.24) is 0 Å². The predicted octanol–water partition coefficient (Wildman–Crippen LogP) is 2.09. The average molecular weight is 323 g/mol. The number of nitro groups is 1. The van der Waals surface area contributed by atoms with Gasteiger partial charge in [0.1, 0.15) is 5.75 Å². The lowest BCUT2D eigenvalue weighted by molar-refractivity contribution is -0.384. The molecule has 0 aliphatic heterocycles. The summed E-state index contributed by atoms with van der Waals surface area (Å²) in [7, 11) is -3.42. The van der Waals surface area contributed by atoms with Gasteiger partial charge in [-0.25, -0.2) is 13.6 Å². The molecule has 7 nitrogen and oxygen atoms in total. The standard InChI is InChI=1S/C11H15ClN2O5S/c12-10-5-4-9(14(15)16)8-11(10)19-6-2-1-3-7-20(13,17)18/h4-5,8H,1-3,6-7H2,(H2,13,17,18). The van der Waals surface area contributed by atoms with E-state index in [1.165, 1.54) is 18.2 Å². The molecule has 0 fully saturated rings. The van der Waals surface area contributed by atoms with Crippen LogP contribution in [0.15, 0.2) is 18.2 Å². The fourth-order valence-corrected chi connectivity index (χ4v) is 2.26. The molecule has 9 heteroatoms. The summed E-state index contributed by atoms with van der Waals surface area (Å²) in [5.41, 5.74) is -0.0985. The molecule has 0 atom stereocenters. The number of hydrogen-bond donors (Lipinski definition) is 1. The zero-order valence-electron chi connectivity index (χ0n) is 10.6. The molecule has 0 unspecified atom stereocenters. The topological polar surface area (TPSA) is 113 Å². The number of nitrogens with two attached hydrogens (primary N) is 1. The number of benzene rings is 1. The number of primary sulfonamides is 1. The summed E-state index contributed by atoms with van der Waals surface area (Å²) >= 11 is 5.86. The Hall–Kier alpha value is -1.38. The molecule has 0 bridgehead atoms. The zero-order chi connectivity index (χ0) is 15.2.